The summed E-state index contributed by atoms with van der Waals surface area (Å²) in [6.45, 7) is -0.237. The molecule has 2 rings (SSSR count). The number of nitrogens with zero attached hydrogens (tertiary/aromatic N) is 1. The molecule has 0 saturated carbocycles. The minimum atomic E-state index is -4.73. The molecule has 0 aromatic heterocycles. The summed E-state index contributed by atoms with van der Waals surface area (Å²) in [5.74, 6) is 0. The predicted molar refractivity (Wildman–Crippen MR) is 61.2 cm³/mol. The van der Waals surface area contributed by atoms with Gasteiger partial charge in [0.1, 0.15) is 0 Å². The van der Waals surface area contributed by atoms with Gasteiger partial charge in [0.2, 0.25) is 10.0 Å². The van der Waals surface area contributed by atoms with E-state index in [0.29, 0.717) is 6.07 Å². The summed E-state index contributed by atoms with van der Waals surface area (Å²) in [6.07, 6.45) is -5.50. The van der Waals surface area contributed by atoms with E-state index >= 15 is 0 Å². The first kappa shape index (κ1) is 14.6. The second kappa shape index (κ2) is 4.62. The average Bonchev–Trinajstić information content (AvgIpc) is 2.23. The van der Waals surface area contributed by atoms with Crippen molar-refractivity contribution in [3.8, 4) is 0 Å². The second-order valence-electron chi connectivity index (χ2n) is 4.12. The zero-order valence-corrected chi connectivity index (χ0v) is 10.9. The Morgan fingerprint density at radius 3 is 2.37 bits per heavy atom. The largest absolute Gasteiger partial charge is 0.417 e. The smallest absolute Gasteiger partial charge is 0.390 e. The molecule has 0 spiro atoms. The molecule has 0 amide bonds. The van der Waals surface area contributed by atoms with Crippen molar-refractivity contribution in [2.24, 2.45) is 0 Å². The van der Waals surface area contributed by atoms with Crippen LogP contribution in [0.2, 0.25) is 5.02 Å². The lowest BCUT2D eigenvalue weighted by atomic mass is 10.2. The fraction of sp³-hybridized carbons (Fsp3) is 0.400. The maximum absolute atomic E-state index is 12.6. The van der Waals surface area contributed by atoms with E-state index < -0.39 is 37.8 Å². The molecule has 0 aliphatic carbocycles. The van der Waals surface area contributed by atoms with E-state index in [4.69, 9.17) is 16.7 Å². The minimum Gasteiger partial charge on any atom is -0.390 e. The number of benzene rings is 1. The molecule has 19 heavy (non-hydrogen) atoms. The van der Waals surface area contributed by atoms with Crippen LogP contribution in [0.3, 0.4) is 0 Å². The number of sulfonamides is 1. The van der Waals surface area contributed by atoms with Crippen molar-refractivity contribution >= 4 is 21.6 Å². The van der Waals surface area contributed by atoms with Gasteiger partial charge in [-0.25, -0.2) is 8.42 Å². The highest BCUT2D eigenvalue weighted by Crippen LogP contribution is 2.36. The molecule has 1 saturated heterocycles. The van der Waals surface area contributed by atoms with Gasteiger partial charge in [0.05, 0.1) is 21.6 Å². The molecular formula is C10H9ClF3NO3S. The molecule has 1 N–H and O–H groups in total. The van der Waals surface area contributed by atoms with Crippen LogP contribution in [0.1, 0.15) is 5.56 Å². The van der Waals surface area contributed by atoms with Crippen LogP contribution < -0.4 is 0 Å². The van der Waals surface area contributed by atoms with Crippen molar-refractivity contribution in [2.45, 2.75) is 17.2 Å². The van der Waals surface area contributed by atoms with E-state index in [0.717, 1.165) is 16.4 Å². The van der Waals surface area contributed by atoms with E-state index in [1.165, 1.54) is 0 Å². The SMILES string of the molecule is O=S(=O)(c1ccc(Cl)c(C(F)(F)F)c1)N1CC(O)C1. The monoisotopic (exact) mass is 315 g/mol. The first-order valence-electron chi connectivity index (χ1n) is 5.17. The topological polar surface area (TPSA) is 57.6 Å². The summed E-state index contributed by atoms with van der Waals surface area (Å²) < 4.78 is 62.7. The second-order valence-corrected chi connectivity index (χ2v) is 6.46. The number of aliphatic hydroxyl groups is 1. The zero-order chi connectivity index (χ0) is 14.4. The Bertz CT molecular complexity index is 597. The van der Waals surface area contributed by atoms with E-state index in [-0.39, 0.29) is 13.1 Å². The molecular weight excluding hydrogens is 307 g/mol. The third kappa shape index (κ3) is 2.71. The first-order valence-corrected chi connectivity index (χ1v) is 6.99. The van der Waals surface area contributed by atoms with Gasteiger partial charge in [0.25, 0.3) is 0 Å². The molecule has 0 atom stereocenters. The molecule has 1 heterocycles. The van der Waals surface area contributed by atoms with Crippen LogP contribution in [0.25, 0.3) is 0 Å². The summed E-state index contributed by atoms with van der Waals surface area (Å²) in [5, 5.41) is 8.49. The van der Waals surface area contributed by atoms with Crippen molar-refractivity contribution in [1.82, 2.24) is 4.31 Å². The van der Waals surface area contributed by atoms with E-state index in [1.54, 1.807) is 0 Å². The fourth-order valence-corrected chi connectivity index (χ4v) is 3.41. The highest BCUT2D eigenvalue weighted by atomic mass is 35.5. The van der Waals surface area contributed by atoms with Crippen LogP contribution in [0.4, 0.5) is 13.2 Å². The van der Waals surface area contributed by atoms with Crippen molar-refractivity contribution in [2.75, 3.05) is 13.1 Å². The molecule has 0 radical (unpaired) electrons. The summed E-state index contributed by atoms with van der Waals surface area (Å²) in [7, 11) is -4.02. The van der Waals surface area contributed by atoms with Gasteiger partial charge in [0, 0.05) is 13.1 Å². The molecule has 1 fully saturated rings. The minimum absolute atomic E-state index is 0.119. The third-order valence-corrected chi connectivity index (χ3v) is 4.87. The van der Waals surface area contributed by atoms with Crippen molar-refractivity contribution < 1.29 is 26.7 Å². The lowest BCUT2D eigenvalue weighted by Gasteiger charge is -2.34. The van der Waals surface area contributed by atoms with Gasteiger partial charge in [-0.05, 0) is 18.2 Å². The molecule has 0 bridgehead atoms. The standard InChI is InChI=1S/C10H9ClF3NO3S/c11-9-2-1-7(3-8(9)10(12,13)14)19(17,18)15-4-6(16)5-15/h1-3,6,16H,4-5H2. The summed E-state index contributed by atoms with van der Waals surface area (Å²) in [6, 6.07) is 2.41. The Balaban J connectivity index is 2.42. The van der Waals surface area contributed by atoms with Crippen molar-refractivity contribution in [1.29, 1.82) is 0 Å². The average molecular weight is 316 g/mol. The summed E-state index contributed by atoms with van der Waals surface area (Å²) in [4.78, 5) is -0.490. The van der Waals surface area contributed by atoms with Gasteiger partial charge in [-0.1, -0.05) is 11.6 Å². The van der Waals surface area contributed by atoms with E-state index in [1.807, 2.05) is 0 Å². The van der Waals surface area contributed by atoms with Crippen LogP contribution in [0.5, 0.6) is 0 Å². The predicted octanol–water partition coefficient (Wildman–Crippen LogP) is 1.72. The molecule has 4 nitrogen and oxygen atoms in total. The molecule has 106 valence electrons. The number of halogens is 4. The van der Waals surface area contributed by atoms with Crippen LogP contribution >= 0.6 is 11.6 Å². The van der Waals surface area contributed by atoms with Crippen LogP contribution in [0.15, 0.2) is 23.1 Å². The van der Waals surface area contributed by atoms with Crippen LogP contribution in [-0.2, 0) is 16.2 Å². The van der Waals surface area contributed by atoms with E-state index in [9.17, 15) is 21.6 Å². The fourth-order valence-electron chi connectivity index (χ4n) is 1.64. The number of hydrogen-bond donors (Lipinski definition) is 1. The lowest BCUT2D eigenvalue weighted by Crippen LogP contribution is -2.53. The number of β-amino-alcohol motifs (C(OH)–C–C–N with tert-alkyl or cyclic N) is 1. The number of rotatable bonds is 2. The Morgan fingerprint density at radius 1 is 1.32 bits per heavy atom. The highest BCUT2D eigenvalue weighted by Gasteiger charge is 2.38. The molecule has 1 aromatic rings. The zero-order valence-electron chi connectivity index (χ0n) is 9.35. The molecule has 1 aliphatic heterocycles. The maximum Gasteiger partial charge on any atom is 0.417 e. The highest BCUT2D eigenvalue weighted by molar-refractivity contribution is 7.89. The summed E-state index contributed by atoms with van der Waals surface area (Å²) in [5.41, 5.74) is -1.20. The molecule has 0 unspecified atom stereocenters. The Labute approximate surface area is 112 Å². The Morgan fingerprint density at radius 2 is 1.89 bits per heavy atom. The quantitative estimate of drug-likeness (QED) is 0.904. The summed E-state index contributed by atoms with van der Waals surface area (Å²) >= 11 is 5.41. The lowest BCUT2D eigenvalue weighted by molar-refractivity contribution is -0.137. The maximum atomic E-state index is 12.6. The van der Waals surface area contributed by atoms with Gasteiger partial charge in [0.15, 0.2) is 0 Å². The van der Waals surface area contributed by atoms with E-state index in [2.05, 4.69) is 0 Å². The third-order valence-electron chi connectivity index (χ3n) is 2.71. The molecule has 1 aliphatic rings. The number of hydrogen-bond acceptors (Lipinski definition) is 3. The van der Waals surface area contributed by atoms with Gasteiger partial charge in [-0.3, -0.25) is 0 Å². The van der Waals surface area contributed by atoms with Crippen molar-refractivity contribution in [3.05, 3.63) is 28.8 Å². The van der Waals surface area contributed by atoms with Crippen molar-refractivity contribution in [3.63, 3.8) is 0 Å². The van der Waals surface area contributed by atoms with Gasteiger partial charge < -0.3 is 5.11 Å². The number of alkyl halides is 3. The molecule has 9 heteroatoms. The first-order chi connectivity index (χ1) is 8.62. The van der Waals surface area contributed by atoms with Crippen LogP contribution in [0, 0.1) is 0 Å². The Kier molecular flexibility index (Phi) is 3.54. The van der Waals surface area contributed by atoms with Gasteiger partial charge >= 0.3 is 6.18 Å². The molecule has 1 aromatic carbocycles. The van der Waals surface area contributed by atoms with Gasteiger partial charge in [-0.2, -0.15) is 17.5 Å². The van der Waals surface area contributed by atoms with Crippen LogP contribution in [-0.4, -0.2) is 37.0 Å². The Hall–Kier alpha value is -0.830. The number of aliphatic hydroxyl groups excluding tert-OH is 1. The van der Waals surface area contributed by atoms with Gasteiger partial charge in [-0.15, -0.1) is 0 Å². The normalized spacial score (nSPS) is 18.4.